The monoisotopic (exact) mass is 502 g/mol. The second-order valence-electron chi connectivity index (χ2n) is 9.76. The standard InChI is InChI=1S/C34H22N4O/c1-21-15-16-26-29(35-21)19-20-30-31(26)38(23-11-6-3-7-12-23)33(36-30)27-14-8-13-24-25-17-18-28(22-9-4-2-5-10-22)37-34(25)39-32(24)27/h2-20H,1H3. The molecule has 4 heterocycles. The Hall–Kier alpha value is -5.29. The minimum atomic E-state index is 0.617. The molecular weight excluding hydrogens is 480 g/mol. The van der Waals surface area contributed by atoms with E-state index in [0.29, 0.717) is 5.71 Å². The number of pyridine rings is 2. The normalized spacial score (nSPS) is 11.7. The van der Waals surface area contributed by atoms with Gasteiger partial charge in [0.25, 0.3) is 0 Å². The number of hydrogen-bond acceptors (Lipinski definition) is 4. The van der Waals surface area contributed by atoms with Crippen LogP contribution < -0.4 is 0 Å². The quantitative estimate of drug-likeness (QED) is 0.243. The summed E-state index contributed by atoms with van der Waals surface area (Å²) in [6.07, 6.45) is 0. The van der Waals surface area contributed by atoms with E-state index < -0.39 is 0 Å². The van der Waals surface area contributed by atoms with Gasteiger partial charge in [0.15, 0.2) is 0 Å². The van der Waals surface area contributed by atoms with Gasteiger partial charge in [-0.1, -0.05) is 60.7 Å². The van der Waals surface area contributed by atoms with Crippen molar-refractivity contribution in [2.24, 2.45) is 0 Å². The van der Waals surface area contributed by atoms with Crippen LogP contribution in [0.25, 0.3) is 72.3 Å². The highest BCUT2D eigenvalue weighted by Crippen LogP contribution is 2.39. The van der Waals surface area contributed by atoms with E-state index in [1.165, 1.54) is 0 Å². The lowest BCUT2D eigenvalue weighted by molar-refractivity contribution is 0.655. The molecule has 0 N–H and O–H groups in total. The van der Waals surface area contributed by atoms with Gasteiger partial charge in [-0.05, 0) is 61.5 Å². The zero-order valence-corrected chi connectivity index (χ0v) is 21.2. The number of para-hydroxylation sites is 2. The van der Waals surface area contributed by atoms with Gasteiger partial charge in [-0.15, -0.1) is 0 Å². The average Bonchev–Trinajstić information content (AvgIpc) is 3.56. The van der Waals surface area contributed by atoms with Gasteiger partial charge in [0.05, 0.1) is 27.8 Å². The topological polar surface area (TPSA) is 56.7 Å². The lowest BCUT2D eigenvalue weighted by Gasteiger charge is -2.11. The van der Waals surface area contributed by atoms with Crippen LogP contribution in [0.4, 0.5) is 0 Å². The number of rotatable bonds is 3. The maximum Gasteiger partial charge on any atom is 0.227 e. The molecule has 0 radical (unpaired) electrons. The van der Waals surface area contributed by atoms with Gasteiger partial charge in [0.2, 0.25) is 5.71 Å². The molecule has 0 aliphatic rings. The molecule has 184 valence electrons. The summed E-state index contributed by atoms with van der Waals surface area (Å²) >= 11 is 0. The van der Waals surface area contributed by atoms with Crippen molar-refractivity contribution in [1.82, 2.24) is 19.5 Å². The summed E-state index contributed by atoms with van der Waals surface area (Å²) in [7, 11) is 0. The SMILES string of the molecule is Cc1ccc2c(ccc3nc(-c4cccc5c4oc4nc(-c6ccccc6)ccc45)n(-c4ccccc4)c32)n1. The third kappa shape index (κ3) is 3.37. The molecule has 5 heteroatoms. The Morgan fingerprint density at radius 1 is 0.590 bits per heavy atom. The zero-order chi connectivity index (χ0) is 25.9. The molecule has 0 fully saturated rings. The first-order chi connectivity index (χ1) is 19.2. The number of nitrogens with zero attached hydrogens (tertiary/aromatic N) is 4. The van der Waals surface area contributed by atoms with Gasteiger partial charge >= 0.3 is 0 Å². The molecule has 0 unspecified atom stereocenters. The molecule has 0 atom stereocenters. The Morgan fingerprint density at radius 2 is 1.36 bits per heavy atom. The van der Waals surface area contributed by atoms with E-state index in [-0.39, 0.29) is 0 Å². The number of hydrogen-bond donors (Lipinski definition) is 0. The summed E-state index contributed by atoms with van der Waals surface area (Å²) in [5, 5.41) is 3.06. The summed E-state index contributed by atoms with van der Waals surface area (Å²) in [5.41, 5.74) is 9.15. The van der Waals surface area contributed by atoms with Crippen LogP contribution in [0.3, 0.4) is 0 Å². The second-order valence-corrected chi connectivity index (χ2v) is 9.76. The van der Waals surface area contributed by atoms with Crippen molar-refractivity contribution in [2.75, 3.05) is 0 Å². The predicted molar refractivity (Wildman–Crippen MR) is 157 cm³/mol. The van der Waals surface area contributed by atoms with Crippen molar-refractivity contribution >= 4 is 44.0 Å². The largest absolute Gasteiger partial charge is 0.437 e. The Bertz CT molecular complexity index is 2180. The van der Waals surface area contributed by atoms with Gasteiger partial charge < -0.3 is 4.42 Å². The third-order valence-corrected chi connectivity index (χ3v) is 7.31. The Labute approximate surface area is 224 Å². The first kappa shape index (κ1) is 21.8. The summed E-state index contributed by atoms with van der Waals surface area (Å²) in [6, 6.07) is 39.2. The molecule has 0 spiro atoms. The molecule has 4 aromatic carbocycles. The molecular formula is C34H22N4O. The van der Waals surface area contributed by atoms with E-state index in [4.69, 9.17) is 19.4 Å². The van der Waals surface area contributed by atoms with E-state index in [9.17, 15) is 0 Å². The van der Waals surface area contributed by atoms with Crippen LogP contribution in [-0.4, -0.2) is 19.5 Å². The highest BCUT2D eigenvalue weighted by Gasteiger charge is 2.21. The number of imidazole rings is 1. The number of aryl methyl sites for hydroxylation is 1. The number of benzene rings is 4. The smallest absolute Gasteiger partial charge is 0.227 e. The van der Waals surface area contributed by atoms with Crippen molar-refractivity contribution in [2.45, 2.75) is 6.92 Å². The van der Waals surface area contributed by atoms with E-state index in [0.717, 1.165) is 72.3 Å². The maximum atomic E-state index is 6.51. The Morgan fingerprint density at radius 3 is 2.21 bits per heavy atom. The molecule has 8 aromatic rings. The average molecular weight is 503 g/mol. The lowest BCUT2D eigenvalue weighted by Crippen LogP contribution is -1.98. The summed E-state index contributed by atoms with van der Waals surface area (Å²) in [5.74, 6) is 0.817. The fourth-order valence-corrected chi connectivity index (χ4v) is 5.51. The highest BCUT2D eigenvalue weighted by molar-refractivity contribution is 6.10. The summed E-state index contributed by atoms with van der Waals surface area (Å²) in [4.78, 5) is 14.8. The van der Waals surface area contributed by atoms with Crippen molar-refractivity contribution in [3.63, 3.8) is 0 Å². The third-order valence-electron chi connectivity index (χ3n) is 7.31. The minimum Gasteiger partial charge on any atom is -0.437 e. The molecule has 39 heavy (non-hydrogen) atoms. The molecule has 0 bridgehead atoms. The number of aromatic nitrogens is 4. The molecule has 0 saturated heterocycles. The van der Waals surface area contributed by atoms with E-state index in [1.807, 2.05) is 37.3 Å². The second kappa shape index (κ2) is 8.36. The van der Waals surface area contributed by atoms with Crippen molar-refractivity contribution < 1.29 is 4.42 Å². The summed E-state index contributed by atoms with van der Waals surface area (Å²) in [6.45, 7) is 2.02. The van der Waals surface area contributed by atoms with Crippen LogP contribution in [-0.2, 0) is 0 Å². The first-order valence-electron chi connectivity index (χ1n) is 13.0. The van der Waals surface area contributed by atoms with Gasteiger partial charge in [-0.3, -0.25) is 9.55 Å². The van der Waals surface area contributed by atoms with Crippen molar-refractivity contribution in [3.05, 3.63) is 121 Å². The molecule has 0 aliphatic heterocycles. The van der Waals surface area contributed by atoms with Crippen LogP contribution in [0.5, 0.6) is 0 Å². The van der Waals surface area contributed by atoms with E-state index in [2.05, 4.69) is 89.5 Å². The highest BCUT2D eigenvalue weighted by atomic mass is 16.3. The lowest BCUT2D eigenvalue weighted by atomic mass is 10.1. The molecule has 5 nitrogen and oxygen atoms in total. The molecule has 0 aliphatic carbocycles. The van der Waals surface area contributed by atoms with E-state index >= 15 is 0 Å². The van der Waals surface area contributed by atoms with Crippen LogP contribution >= 0.6 is 0 Å². The maximum absolute atomic E-state index is 6.51. The zero-order valence-electron chi connectivity index (χ0n) is 21.2. The van der Waals surface area contributed by atoms with Gasteiger partial charge in [0, 0.05) is 33.1 Å². The van der Waals surface area contributed by atoms with E-state index in [1.54, 1.807) is 0 Å². The molecule has 0 amide bonds. The summed E-state index contributed by atoms with van der Waals surface area (Å²) < 4.78 is 8.74. The minimum absolute atomic E-state index is 0.617. The molecule has 8 rings (SSSR count). The first-order valence-corrected chi connectivity index (χ1v) is 13.0. The molecule has 4 aromatic heterocycles. The number of fused-ring (bicyclic) bond motifs is 6. The predicted octanol–water partition coefficient (Wildman–Crippen LogP) is 8.51. The van der Waals surface area contributed by atoms with Gasteiger partial charge in [0.1, 0.15) is 11.4 Å². The van der Waals surface area contributed by atoms with Crippen molar-refractivity contribution in [3.8, 4) is 28.3 Å². The number of furan rings is 1. The Kier molecular flexibility index (Phi) is 4.67. The molecule has 0 saturated carbocycles. The van der Waals surface area contributed by atoms with Crippen molar-refractivity contribution in [1.29, 1.82) is 0 Å². The van der Waals surface area contributed by atoms with Crippen LogP contribution in [0.2, 0.25) is 0 Å². The van der Waals surface area contributed by atoms with Gasteiger partial charge in [-0.2, -0.15) is 0 Å². The van der Waals surface area contributed by atoms with Gasteiger partial charge in [-0.25, -0.2) is 9.97 Å². The fourth-order valence-electron chi connectivity index (χ4n) is 5.51. The van der Waals surface area contributed by atoms with Crippen LogP contribution in [0.15, 0.2) is 120 Å². The Balaban J connectivity index is 1.44. The van der Waals surface area contributed by atoms with Crippen LogP contribution in [0.1, 0.15) is 5.69 Å². The van der Waals surface area contributed by atoms with Crippen LogP contribution in [0, 0.1) is 6.92 Å². The fraction of sp³-hybridized carbons (Fsp3) is 0.0294.